The molecule has 0 bridgehead atoms. The maximum atomic E-state index is 11.8. The molecule has 0 unspecified atom stereocenters. The van der Waals surface area contributed by atoms with E-state index in [0.717, 1.165) is 18.9 Å². The summed E-state index contributed by atoms with van der Waals surface area (Å²) in [5, 5.41) is 0.390. The van der Waals surface area contributed by atoms with Crippen LogP contribution in [-0.4, -0.2) is 48.3 Å². The highest BCUT2D eigenvalue weighted by Crippen LogP contribution is 2.36. The Kier molecular flexibility index (Phi) is 4.52. The van der Waals surface area contributed by atoms with Gasteiger partial charge in [0, 0.05) is 24.0 Å². The van der Waals surface area contributed by atoms with Gasteiger partial charge in [0.05, 0.1) is 35.7 Å². The van der Waals surface area contributed by atoms with E-state index in [-0.39, 0.29) is 17.1 Å². The number of carbonyl (C=O) groups excluding carboxylic acids is 2. The predicted octanol–water partition coefficient (Wildman–Crippen LogP) is 1.71. The number of aromatic amines is 1. The van der Waals surface area contributed by atoms with Crippen molar-refractivity contribution in [2.45, 2.75) is 0 Å². The summed E-state index contributed by atoms with van der Waals surface area (Å²) in [5.74, 6) is 0.258. The molecule has 5 N–H and O–H groups in total. The minimum Gasteiger partial charge on any atom is -0.385 e. The van der Waals surface area contributed by atoms with E-state index in [4.69, 9.17) is 21.2 Å². The number of ether oxygens (including phenoxy) is 1. The number of hydrogen-bond acceptors (Lipinski definition) is 7. The van der Waals surface area contributed by atoms with Crippen molar-refractivity contribution in [3.05, 3.63) is 35.9 Å². The Morgan fingerprint density at radius 3 is 2.79 bits per heavy atom. The second kappa shape index (κ2) is 7.15. The number of isocyanates is 1. The number of amides is 1. The summed E-state index contributed by atoms with van der Waals surface area (Å²) in [6.07, 6.45) is 1.52. The zero-order valence-electron chi connectivity index (χ0n) is 14.9. The first kappa shape index (κ1) is 17.7. The van der Waals surface area contributed by atoms with Crippen LogP contribution in [0.3, 0.4) is 0 Å². The number of nitrogens with zero attached hydrogens (tertiary/aromatic N) is 3. The zero-order valence-corrected chi connectivity index (χ0v) is 14.9. The van der Waals surface area contributed by atoms with Gasteiger partial charge in [-0.3, -0.25) is 4.79 Å². The van der Waals surface area contributed by atoms with Gasteiger partial charge in [0.2, 0.25) is 6.08 Å². The topological polar surface area (TPSA) is 140 Å². The fourth-order valence-electron chi connectivity index (χ4n) is 3.42. The number of aromatic nitrogens is 2. The first-order chi connectivity index (χ1) is 13.6. The summed E-state index contributed by atoms with van der Waals surface area (Å²) in [4.78, 5) is 36.3. The lowest BCUT2D eigenvalue weighted by Crippen LogP contribution is -2.36. The molecule has 1 aliphatic heterocycles. The minimum absolute atomic E-state index is 0.102. The Labute approximate surface area is 160 Å². The second-order valence-corrected chi connectivity index (χ2v) is 6.38. The van der Waals surface area contributed by atoms with E-state index in [1.54, 1.807) is 12.1 Å². The third-order valence-electron chi connectivity index (χ3n) is 4.68. The van der Waals surface area contributed by atoms with Crippen molar-refractivity contribution >= 4 is 40.2 Å². The number of pyridine rings is 1. The summed E-state index contributed by atoms with van der Waals surface area (Å²) >= 11 is 0. The third-order valence-corrected chi connectivity index (χ3v) is 4.68. The molecule has 3 aromatic rings. The largest absolute Gasteiger partial charge is 0.385 e. The van der Waals surface area contributed by atoms with E-state index in [0.29, 0.717) is 35.4 Å². The number of anilines is 2. The Hall–Kier alpha value is -3.68. The van der Waals surface area contributed by atoms with Gasteiger partial charge in [0.1, 0.15) is 11.6 Å². The Morgan fingerprint density at radius 2 is 2.07 bits per heavy atom. The van der Waals surface area contributed by atoms with Crippen LogP contribution in [0.2, 0.25) is 0 Å². The SMILES string of the molecule is NC(=O)c1c(N)[nH]c2cc(-c3cccc(N4CCOCC4)n3)cc(N=C=O)c12. The molecule has 142 valence electrons. The average Bonchev–Trinajstić information content (AvgIpc) is 3.05. The molecule has 0 saturated carbocycles. The number of fused-ring (bicyclic) bond motifs is 1. The smallest absolute Gasteiger partial charge is 0.253 e. The molecule has 1 amide bonds. The normalized spacial score (nSPS) is 14.1. The lowest BCUT2D eigenvalue weighted by Gasteiger charge is -2.28. The summed E-state index contributed by atoms with van der Waals surface area (Å²) in [7, 11) is 0. The van der Waals surface area contributed by atoms with E-state index >= 15 is 0 Å². The van der Waals surface area contributed by atoms with Crippen LogP contribution in [0.4, 0.5) is 17.3 Å². The molecule has 0 spiro atoms. The van der Waals surface area contributed by atoms with Gasteiger partial charge in [0.25, 0.3) is 5.91 Å². The number of rotatable bonds is 4. The number of carbonyl (C=O) groups is 1. The molecule has 0 atom stereocenters. The molecule has 4 rings (SSSR count). The summed E-state index contributed by atoms with van der Waals surface area (Å²) in [6, 6.07) is 9.18. The van der Waals surface area contributed by atoms with E-state index < -0.39 is 5.91 Å². The number of primary amides is 1. The Morgan fingerprint density at radius 1 is 1.29 bits per heavy atom. The van der Waals surface area contributed by atoms with Crippen LogP contribution in [0.1, 0.15) is 10.4 Å². The van der Waals surface area contributed by atoms with Gasteiger partial charge in [-0.05, 0) is 24.3 Å². The van der Waals surface area contributed by atoms with Crippen molar-refractivity contribution < 1.29 is 14.3 Å². The van der Waals surface area contributed by atoms with E-state index in [2.05, 4.69) is 14.9 Å². The monoisotopic (exact) mass is 378 g/mol. The van der Waals surface area contributed by atoms with Crippen molar-refractivity contribution in [3.8, 4) is 11.3 Å². The molecule has 2 aromatic heterocycles. The molecule has 1 saturated heterocycles. The van der Waals surface area contributed by atoms with Gasteiger partial charge in [-0.1, -0.05) is 6.07 Å². The minimum atomic E-state index is -0.703. The first-order valence-electron chi connectivity index (χ1n) is 8.71. The van der Waals surface area contributed by atoms with Gasteiger partial charge >= 0.3 is 0 Å². The van der Waals surface area contributed by atoms with Crippen LogP contribution >= 0.6 is 0 Å². The number of nitrogen functional groups attached to an aromatic ring is 1. The van der Waals surface area contributed by atoms with Crippen LogP contribution in [-0.2, 0) is 9.53 Å². The number of aliphatic imine (C=N–C) groups is 1. The predicted molar refractivity (Wildman–Crippen MR) is 105 cm³/mol. The molecule has 28 heavy (non-hydrogen) atoms. The molecular formula is C19H18N6O3. The van der Waals surface area contributed by atoms with E-state index in [9.17, 15) is 9.59 Å². The van der Waals surface area contributed by atoms with Crippen molar-refractivity contribution in [2.24, 2.45) is 10.7 Å². The van der Waals surface area contributed by atoms with E-state index in [1.165, 1.54) is 6.08 Å². The number of nitrogens with one attached hydrogen (secondary N) is 1. The number of H-pyrrole nitrogens is 1. The van der Waals surface area contributed by atoms with Crippen LogP contribution in [0, 0.1) is 0 Å². The first-order valence-corrected chi connectivity index (χ1v) is 8.71. The Balaban J connectivity index is 1.86. The molecule has 1 aromatic carbocycles. The maximum absolute atomic E-state index is 11.8. The van der Waals surface area contributed by atoms with E-state index in [1.807, 2.05) is 18.2 Å². The molecular weight excluding hydrogens is 360 g/mol. The molecule has 9 nitrogen and oxygen atoms in total. The van der Waals surface area contributed by atoms with Gasteiger partial charge in [-0.2, -0.15) is 4.99 Å². The van der Waals surface area contributed by atoms with Crippen molar-refractivity contribution in [2.75, 3.05) is 36.9 Å². The van der Waals surface area contributed by atoms with Crippen LogP contribution in [0.25, 0.3) is 22.2 Å². The molecule has 9 heteroatoms. The maximum Gasteiger partial charge on any atom is 0.253 e. The number of morpholine rings is 1. The van der Waals surface area contributed by atoms with Crippen molar-refractivity contribution in [1.29, 1.82) is 0 Å². The third kappa shape index (κ3) is 3.09. The highest BCUT2D eigenvalue weighted by Gasteiger charge is 2.20. The zero-order chi connectivity index (χ0) is 19.7. The van der Waals surface area contributed by atoms with Crippen molar-refractivity contribution in [3.63, 3.8) is 0 Å². The highest BCUT2D eigenvalue weighted by atomic mass is 16.5. The summed E-state index contributed by atoms with van der Waals surface area (Å²) < 4.78 is 5.39. The lowest BCUT2D eigenvalue weighted by atomic mass is 10.0. The number of hydrogen-bond donors (Lipinski definition) is 3. The number of benzene rings is 1. The van der Waals surface area contributed by atoms with Gasteiger partial charge in [-0.15, -0.1) is 0 Å². The molecule has 3 heterocycles. The van der Waals surface area contributed by atoms with Gasteiger partial charge in [0.15, 0.2) is 0 Å². The standard InChI is InChI=1S/C19H18N6O3/c20-18-17(19(21)27)16-13(22-10-26)8-11(9-14(16)24-18)12-2-1-3-15(23-12)25-4-6-28-7-5-25/h1-3,8-9,24H,4-7,20H2,(H2,21,27). The Bertz CT molecular complexity index is 1110. The quantitative estimate of drug-likeness (QED) is 0.466. The average molecular weight is 378 g/mol. The van der Waals surface area contributed by atoms with Gasteiger partial charge < -0.3 is 26.1 Å². The lowest BCUT2D eigenvalue weighted by molar-refractivity contribution is 0.100. The van der Waals surface area contributed by atoms with Crippen LogP contribution < -0.4 is 16.4 Å². The fraction of sp³-hybridized carbons (Fsp3) is 0.211. The molecule has 1 fully saturated rings. The van der Waals surface area contributed by atoms with Crippen LogP contribution in [0.15, 0.2) is 35.3 Å². The number of nitrogens with two attached hydrogens (primary N) is 2. The molecule has 0 radical (unpaired) electrons. The van der Waals surface area contributed by atoms with Crippen molar-refractivity contribution in [1.82, 2.24) is 9.97 Å². The second-order valence-electron chi connectivity index (χ2n) is 6.38. The fourth-order valence-corrected chi connectivity index (χ4v) is 3.42. The summed E-state index contributed by atoms with van der Waals surface area (Å²) in [6.45, 7) is 2.86. The molecule has 1 aliphatic rings. The van der Waals surface area contributed by atoms with Crippen LogP contribution in [0.5, 0.6) is 0 Å². The van der Waals surface area contributed by atoms with Gasteiger partial charge in [-0.25, -0.2) is 9.78 Å². The molecule has 0 aliphatic carbocycles. The summed E-state index contributed by atoms with van der Waals surface area (Å²) in [5.41, 5.74) is 13.6. The highest BCUT2D eigenvalue weighted by molar-refractivity contribution is 6.15.